The van der Waals surface area contributed by atoms with Crippen LogP contribution in [0.25, 0.3) is 0 Å². The number of rotatable bonds is 4. The maximum absolute atomic E-state index is 11.6. The highest BCUT2D eigenvalue weighted by Gasteiger charge is 2.45. The van der Waals surface area contributed by atoms with Crippen LogP contribution in [-0.2, 0) is 10.2 Å². The van der Waals surface area contributed by atoms with E-state index in [-0.39, 0.29) is 5.97 Å². The Kier molecular flexibility index (Phi) is 5.37. The smallest absolute Gasteiger partial charge is 0.308 e. The number of para-hydroxylation sites is 2. The second kappa shape index (κ2) is 8.38. The van der Waals surface area contributed by atoms with Crippen LogP contribution in [0, 0.1) is 13.8 Å². The highest BCUT2D eigenvalue weighted by Crippen LogP contribution is 2.55. The molecule has 0 unspecified atom stereocenters. The second-order valence-electron chi connectivity index (χ2n) is 8.60. The molecule has 0 spiro atoms. The lowest BCUT2D eigenvalue weighted by molar-refractivity contribution is -0.131. The van der Waals surface area contributed by atoms with Gasteiger partial charge in [0.15, 0.2) is 0 Å². The fourth-order valence-corrected chi connectivity index (χ4v) is 5.05. The molecule has 0 amide bonds. The molecule has 5 rings (SSSR count). The van der Waals surface area contributed by atoms with Crippen LogP contribution in [-0.4, -0.2) is 13.1 Å². The number of fused-ring (bicyclic) bond motifs is 2. The summed E-state index contributed by atoms with van der Waals surface area (Å²) in [7, 11) is 1.69. The maximum atomic E-state index is 11.6. The molecular weight excluding hydrogens is 424 g/mol. The first-order valence-corrected chi connectivity index (χ1v) is 11.3. The Morgan fingerprint density at radius 1 is 0.735 bits per heavy atom. The third-order valence-corrected chi connectivity index (χ3v) is 6.49. The molecule has 0 bridgehead atoms. The van der Waals surface area contributed by atoms with Crippen LogP contribution in [0.4, 0.5) is 0 Å². The summed E-state index contributed by atoms with van der Waals surface area (Å²) in [5, 5.41) is 0. The number of aryl methyl sites for hydroxylation is 2. The molecule has 0 aromatic heterocycles. The maximum Gasteiger partial charge on any atom is 0.308 e. The predicted molar refractivity (Wildman–Crippen MR) is 132 cm³/mol. The standard InChI is InChI=1S/C30H26O4/c1-19-17-22(13-15-26(19)32-4)30(23-14-16-27(20(2)18-23)33-21(3)31)24-9-5-7-11-28(24)34-29-12-8-6-10-25(29)30/h5-18H,1-4H3. The molecule has 0 fully saturated rings. The lowest BCUT2D eigenvalue weighted by Crippen LogP contribution is -2.34. The first-order chi connectivity index (χ1) is 16.4. The predicted octanol–water partition coefficient (Wildman–Crippen LogP) is 6.73. The molecule has 4 aromatic rings. The molecule has 34 heavy (non-hydrogen) atoms. The van der Waals surface area contributed by atoms with E-state index in [4.69, 9.17) is 14.2 Å². The SMILES string of the molecule is COc1ccc(C2(c3ccc(OC(C)=O)c(C)c3)c3ccccc3Oc3ccccc32)cc1C. The van der Waals surface area contributed by atoms with Crippen LogP contribution in [0.5, 0.6) is 23.0 Å². The molecule has 0 radical (unpaired) electrons. The Balaban J connectivity index is 1.88. The zero-order valence-electron chi connectivity index (χ0n) is 19.7. The Bertz CT molecular complexity index is 1360. The van der Waals surface area contributed by atoms with Gasteiger partial charge in [0, 0.05) is 18.1 Å². The molecule has 4 heteroatoms. The highest BCUT2D eigenvalue weighted by molar-refractivity contribution is 5.72. The van der Waals surface area contributed by atoms with Gasteiger partial charge in [0.05, 0.1) is 12.5 Å². The van der Waals surface area contributed by atoms with Crippen molar-refractivity contribution in [2.45, 2.75) is 26.2 Å². The zero-order chi connectivity index (χ0) is 23.9. The van der Waals surface area contributed by atoms with Crippen LogP contribution in [0.15, 0.2) is 84.9 Å². The first kappa shape index (κ1) is 21.8. The average Bonchev–Trinajstić information content (AvgIpc) is 2.83. The normalized spacial score (nSPS) is 13.3. The summed E-state index contributed by atoms with van der Waals surface area (Å²) in [5.74, 6) is 2.70. The average molecular weight is 451 g/mol. The summed E-state index contributed by atoms with van der Waals surface area (Å²) in [6.45, 7) is 5.44. The van der Waals surface area contributed by atoms with Crippen LogP contribution < -0.4 is 14.2 Å². The summed E-state index contributed by atoms with van der Waals surface area (Å²) in [6, 6.07) is 28.7. The molecule has 1 heterocycles. The lowest BCUT2D eigenvalue weighted by Gasteiger charge is -2.41. The molecule has 4 aromatic carbocycles. The van der Waals surface area contributed by atoms with Gasteiger partial charge >= 0.3 is 5.97 Å². The van der Waals surface area contributed by atoms with Gasteiger partial charge in [-0.15, -0.1) is 0 Å². The summed E-state index contributed by atoms with van der Waals surface area (Å²) in [5.41, 5.74) is 5.58. The topological polar surface area (TPSA) is 44.8 Å². The molecule has 0 saturated heterocycles. The van der Waals surface area contributed by atoms with Gasteiger partial charge in [0.2, 0.25) is 0 Å². The summed E-state index contributed by atoms with van der Waals surface area (Å²) in [4.78, 5) is 11.6. The summed E-state index contributed by atoms with van der Waals surface area (Å²) in [6.07, 6.45) is 0. The van der Waals surface area contributed by atoms with Crippen molar-refractivity contribution in [3.8, 4) is 23.0 Å². The number of hydrogen-bond acceptors (Lipinski definition) is 4. The number of carbonyl (C=O) groups excluding carboxylic acids is 1. The Morgan fingerprint density at radius 2 is 1.24 bits per heavy atom. The fourth-order valence-electron chi connectivity index (χ4n) is 5.05. The number of carbonyl (C=O) groups is 1. The van der Waals surface area contributed by atoms with Gasteiger partial charge in [-0.2, -0.15) is 0 Å². The summed E-state index contributed by atoms with van der Waals surface area (Å²) < 4.78 is 17.4. The fraction of sp³-hybridized carbons (Fsp3) is 0.167. The molecule has 0 saturated carbocycles. The second-order valence-corrected chi connectivity index (χ2v) is 8.60. The van der Waals surface area contributed by atoms with Gasteiger partial charge < -0.3 is 14.2 Å². The third kappa shape index (κ3) is 3.34. The van der Waals surface area contributed by atoms with E-state index >= 15 is 0 Å². The van der Waals surface area contributed by atoms with E-state index in [9.17, 15) is 4.79 Å². The van der Waals surface area contributed by atoms with Gasteiger partial charge in [0.25, 0.3) is 0 Å². The van der Waals surface area contributed by atoms with Crippen molar-refractivity contribution in [3.05, 3.63) is 118 Å². The number of esters is 1. The van der Waals surface area contributed by atoms with E-state index in [2.05, 4.69) is 37.3 Å². The Morgan fingerprint density at radius 3 is 1.71 bits per heavy atom. The van der Waals surface area contributed by atoms with Gasteiger partial charge in [-0.25, -0.2) is 0 Å². The molecule has 4 nitrogen and oxygen atoms in total. The van der Waals surface area contributed by atoms with Crippen molar-refractivity contribution < 1.29 is 19.0 Å². The summed E-state index contributed by atoms with van der Waals surface area (Å²) >= 11 is 0. The van der Waals surface area contributed by atoms with Crippen LogP contribution >= 0.6 is 0 Å². The minimum atomic E-state index is -0.637. The van der Waals surface area contributed by atoms with E-state index in [0.29, 0.717) is 5.75 Å². The van der Waals surface area contributed by atoms with Gasteiger partial charge in [-0.05, 0) is 60.4 Å². The Hall–Kier alpha value is -4.05. The van der Waals surface area contributed by atoms with Crippen molar-refractivity contribution in [1.82, 2.24) is 0 Å². The third-order valence-electron chi connectivity index (χ3n) is 6.49. The molecule has 0 atom stereocenters. The van der Waals surface area contributed by atoms with E-state index in [1.54, 1.807) is 7.11 Å². The Labute approximate surface area is 199 Å². The number of benzene rings is 4. The van der Waals surface area contributed by atoms with Crippen molar-refractivity contribution >= 4 is 5.97 Å². The van der Waals surface area contributed by atoms with Crippen LogP contribution in [0.3, 0.4) is 0 Å². The molecule has 1 aliphatic rings. The quantitative estimate of drug-likeness (QED) is 0.225. The lowest BCUT2D eigenvalue weighted by atomic mass is 9.63. The molecule has 1 aliphatic heterocycles. The van der Waals surface area contributed by atoms with E-state index in [1.165, 1.54) is 6.92 Å². The van der Waals surface area contributed by atoms with Gasteiger partial charge in [-0.1, -0.05) is 60.7 Å². The van der Waals surface area contributed by atoms with Crippen molar-refractivity contribution in [3.63, 3.8) is 0 Å². The van der Waals surface area contributed by atoms with E-state index in [1.807, 2.05) is 61.5 Å². The minimum absolute atomic E-state index is 0.335. The monoisotopic (exact) mass is 450 g/mol. The number of ether oxygens (including phenoxy) is 3. The van der Waals surface area contributed by atoms with Gasteiger partial charge in [-0.3, -0.25) is 4.79 Å². The van der Waals surface area contributed by atoms with Gasteiger partial charge in [0.1, 0.15) is 23.0 Å². The largest absolute Gasteiger partial charge is 0.496 e. The van der Waals surface area contributed by atoms with Crippen molar-refractivity contribution in [1.29, 1.82) is 0 Å². The number of hydrogen-bond donors (Lipinski definition) is 0. The molecular formula is C30H26O4. The first-order valence-electron chi connectivity index (χ1n) is 11.3. The van der Waals surface area contributed by atoms with E-state index in [0.717, 1.165) is 50.6 Å². The molecule has 0 aliphatic carbocycles. The highest BCUT2D eigenvalue weighted by atomic mass is 16.5. The van der Waals surface area contributed by atoms with Crippen molar-refractivity contribution in [2.75, 3.05) is 7.11 Å². The van der Waals surface area contributed by atoms with E-state index < -0.39 is 5.41 Å². The molecule has 0 N–H and O–H groups in total. The molecule has 170 valence electrons. The number of methoxy groups -OCH3 is 1. The van der Waals surface area contributed by atoms with Crippen LogP contribution in [0.1, 0.15) is 40.3 Å². The van der Waals surface area contributed by atoms with Crippen LogP contribution in [0.2, 0.25) is 0 Å². The van der Waals surface area contributed by atoms with Crippen molar-refractivity contribution in [2.24, 2.45) is 0 Å². The zero-order valence-corrected chi connectivity index (χ0v) is 19.7. The minimum Gasteiger partial charge on any atom is -0.496 e.